The van der Waals surface area contributed by atoms with Crippen molar-refractivity contribution in [2.24, 2.45) is 0 Å². The molecule has 1 aliphatic carbocycles. The molecule has 0 amide bonds. The maximum Gasteiger partial charge on any atom is 0.122 e. The number of nitrogens with zero attached hydrogens (tertiary/aromatic N) is 2. The Labute approximate surface area is 198 Å². The number of allylic oxidation sites excluding steroid dienone is 2. The number of imidazole rings is 1. The lowest BCUT2D eigenvalue weighted by Crippen LogP contribution is -2.25. The summed E-state index contributed by atoms with van der Waals surface area (Å²) in [7, 11) is 0. The number of aromatic nitrogens is 2. The minimum absolute atomic E-state index is 0.189. The van der Waals surface area contributed by atoms with E-state index >= 15 is 0 Å². The van der Waals surface area contributed by atoms with Crippen LogP contribution in [0.15, 0.2) is 109 Å². The summed E-state index contributed by atoms with van der Waals surface area (Å²) in [5.41, 5.74) is 8.30. The molecular formula is C31H24N2O. The molecule has 0 bridgehead atoms. The van der Waals surface area contributed by atoms with Crippen LogP contribution in [0.3, 0.4) is 0 Å². The van der Waals surface area contributed by atoms with Crippen LogP contribution in [0, 0.1) is 0 Å². The van der Waals surface area contributed by atoms with Gasteiger partial charge in [0.1, 0.15) is 11.6 Å². The monoisotopic (exact) mass is 440 g/mol. The second-order valence-electron chi connectivity index (χ2n) is 9.36. The Balaban J connectivity index is 1.51. The van der Waals surface area contributed by atoms with Gasteiger partial charge in [-0.2, -0.15) is 0 Å². The Bertz CT molecular complexity index is 1550. The summed E-state index contributed by atoms with van der Waals surface area (Å²) in [6.07, 6.45) is 3.46. The number of aromatic hydroxyl groups is 1. The van der Waals surface area contributed by atoms with Gasteiger partial charge in [0.2, 0.25) is 0 Å². The summed E-state index contributed by atoms with van der Waals surface area (Å²) in [6.45, 7) is 0. The Hall–Kier alpha value is -4.11. The summed E-state index contributed by atoms with van der Waals surface area (Å²) in [6, 6.07) is 35.8. The lowest BCUT2D eigenvalue weighted by Gasteiger charge is -2.39. The lowest BCUT2D eigenvalue weighted by atomic mass is 9.67. The van der Waals surface area contributed by atoms with Gasteiger partial charge in [-0.15, -0.1) is 0 Å². The van der Waals surface area contributed by atoms with Crippen LogP contribution >= 0.6 is 0 Å². The van der Waals surface area contributed by atoms with Crippen LogP contribution in [0.2, 0.25) is 0 Å². The number of hydrogen-bond acceptors (Lipinski definition) is 2. The van der Waals surface area contributed by atoms with Gasteiger partial charge in [-0.25, -0.2) is 4.98 Å². The highest BCUT2D eigenvalue weighted by atomic mass is 16.3. The molecule has 0 fully saturated rings. The third-order valence-corrected chi connectivity index (χ3v) is 7.50. The molecule has 3 heteroatoms. The van der Waals surface area contributed by atoms with Crippen molar-refractivity contribution in [1.29, 1.82) is 0 Å². The summed E-state index contributed by atoms with van der Waals surface area (Å²) in [5, 5.41) is 10.4. The normalized spacial score (nSPS) is 20.8. The molecule has 4 aromatic carbocycles. The minimum atomic E-state index is 0.189. The van der Waals surface area contributed by atoms with Gasteiger partial charge in [-0.3, -0.25) is 4.57 Å². The highest BCUT2D eigenvalue weighted by Gasteiger charge is 2.40. The number of fused-ring (bicyclic) bond motifs is 8. The smallest absolute Gasteiger partial charge is 0.122 e. The summed E-state index contributed by atoms with van der Waals surface area (Å²) < 4.78 is 2.26. The van der Waals surface area contributed by atoms with Crippen molar-refractivity contribution < 1.29 is 5.11 Å². The zero-order valence-electron chi connectivity index (χ0n) is 18.7. The summed E-state index contributed by atoms with van der Waals surface area (Å²) in [4.78, 5) is 5.13. The summed E-state index contributed by atoms with van der Waals surface area (Å²) >= 11 is 0. The highest BCUT2D eigenvalue weighted by molar-refractivity contribution is 5.88. The number of hydrogen-bond donors (Lipinski definition) is 1. The topological polar surface area (TPSA) is 38.0 Å². The SMILES string of the molecule is Oc1ccc2c(c1)-n1c(nc3ccccc31)C1CC(c3ccccc3)C(c3ccccc3)C=C21. The third kappa shape index (κ3) is 2.87. The second kappa shape index (κ2) is 7.46. The van der Waals surface area contributed by atoms with Crippen LogP contribution in [0.5, 0.6) is 5.75 Å². The van der Waals surface area contributed by atoms with E-state index in [1.54, 1.807) is 0 Å². The zero-order chi connectivity index (χ0) is 22.6. The number of phenols is 1. The lowest BCUT2D eigenvalue weighted by molar-refractivity contribution is 0.474. The molecule has 3 atom stereocenters. The number of phenolic OH excluding ortho intramolecular Hbond substituents is 1. The molecule has 0 spiro atoms. The number of para-hydroxylation sites is 2. The van der Waals surface area contributed by atoms with E-state index < -0.39 is 0 Å². The number of benzene rings is 4. The highest BCUT2D eigenvalue weighted by Crippen LogP contribution is 2.54. The van der Waals surface area contributed by atoms with E-state index in [9.17, 15) is 5.11 Å². The first kappa shape index (κ1) is 19.4. The molecule has 1 aliphatic heterocycles. The molecule has 34 heavy (non-hydrogen) atoms. The van der Waals surface area contributed by atoms with Crippen LogP contribution in [0.25, 0.3) is 22.3 Å². The van der Waals surface area contributed by atoms with Crippen LogP contribution in [0.1, 0.15) is 46.7 Å². The average molecular weight is 441 g/mol. The molecule has 2 heterocycles. The van der Waals surface area contributed by atoms with Crippen molar-refractivity contribution in [1.82, 2.24) is 9.55 Å². The Morgan fingerprint density at radius 1 is 0.765 bits per heavy atom. The van der Waals surface area contributed by atoms with E-state index in [1.165, 1.54) is 22.3 Å². The second-order valence-corrected chi connectivity index (χ2v) is 9.36. The minimum Gasteiger partial charge on any atom is -0.508 e. The first-order chi connectivity index (χ1) is 16.8. The Morgan fingerprint density at radius 3 is 2.26 bits per heavy atom. The molecule has 7 rings (SSSR count). The van der Waals surface area contributed by atoms with Gasteiger partial charge in [0, 0.05) is 23.5 Å². The molecule has 0 saturated carbocycles. The van der Waals surface area contributed by atoms with Gasteiger partial charge in [0.05, 0.1) is 16.7 Å². The Kier molecular flexibility index (Phi) is 4.25. The van der Waals surface area contributed by atoms with Gasteiger partial charge in [0.25, 0.3) is 0 Å². The first-order valence-electron chi connectivity index (χ1n) is 11.9. The molecule has 3 unspecified atom stereocenters. The summed E-state index contributed by atoms with van der Waals surface area (Å²) in [5.74, 6) is 2.16. The molecule has 5 aromatic rings. The van der Waals surface area contributed by atoms with Crippen LogP contribution < -0.4 is 0 Å². The molecule has 1 aromatic heterocycles. The molecule has 0 radical (unpaired) electrons. The van der Waals surface area contributed by atoms with Crippen molar-refractivity contribution in [3.63, 3.8) is 0 Å². The third-order valence-electron chi connectivity index (χ3n) is 7.50. The quantitative estimate of drug-likeness (QED) is 0.316. The van der Waals surface area contributed by atoms with Crippen molar-refractivity contribution in [2.45, 2.75) is 24.2 Å². The fraction of sp³-hybridized carbons (Fsp3) is 0.129. The van der Waals surface area contributed by atoms with Crippen LogP contribution in [-0.4, -0.2) is 14.7 Å². The standard InChI is InChI=1S/C31H24N2O/c34-22-15-16-23-26-18-24(20-9-3-1-4-10-20)25(21-11-5-2-6-12-21)19-27(26)31-32-28-13-7-8-14-29(28)33(31)30(23)17-22/h1-18,24-25,27,34H,19H2. The van der Waals surface area contributed by atoms with E-state index in [2.05, 4.69) is 95.6 Å². The molecule has 3 nitrogen and oxygen atoms in total. The fourth-order valence-corrected chi connectivity index (χ4v) is 6.00. The van der Waals surface area contributed by atoms with Crippen molar-refractivity contribution in [3.05, 3.63) is 132 Å². The van der Waals surface area contributed by atoms with Crippen molar-refractivity contribution in [2.75, 3.05) is 0 Å². The van der Waals surface area contributed by atoms with E-state index in [-0.39, 0.29) is 17.6 Å². The van der Waals surface area contributed by atoms with E-state index in [0.717, 1.165) is 29.0 Å². The molecule has 2 aliphatic rings. The van der Waals surface area contributed by atoms with Gasteiger partial charge in [-0.05, 0) is 53.3 Å². The molecular weight excluding hydrogens is 416 g/mol. The maximum atomic E-state index is 10.4. The molecule has 164 valence electrons. The van der Waals surface area contributed by atoms with Crippen LogP contribution in [-0.2, 0) is 0 Å². The molecule has 0 saturated heterocycles. The van der Waals surface area contributed by atoms with Gasteiger partial charge >= 0.3 is 0 Å². The van der Waals surface area contributed by atoms with Gasteiger partial charge in [0.15, 0.2) is 0 Å². The largest absolute Gasteiger partial charge is 0.508 e. The maximum absolute atomic E-state index is 10.4. The van der Waals surface area contributed by atoms with Crippen LogP contribution in [0.4, 0.5) is 0 Å². The average Bonchev–Trinajstić information content (AvgIpc) is 3.29. The van der Waals surface area contributed by atoms with Crippen molar-refractivity contribution >= 4 is 16.6 Å². The van der Waals surface area contributed by atoms with E-state index in [0.29, 0.717) is 5.92 Å². The van der Waals surface area contributed by atoms with E-state index in [1.807, 2.05) is 18.2 Å². The zero-order valence-corrected chi connectivity index (χ0v) is 18.7. The molecule has 1 N–H and O–H groups in total. The fourth-order valence-electron chi connectivity index (χ4n) is 6.00. The Morgan fingerprint density at radius 2 is 1.47 bits per heavy atom. The predicted octanol–water partition coefficient (Wildman–Crippen LogP) is 7.18. The van der Waals surface area contributed by atoms with Gasteiger partial charge in [-0.1, -0.05) is 78.9 Å². The first-order valence-corrected chi connectivity index (χ1v) is 11.9. The van der Waals surface area contributed by atoms with Crippen molar-refractivity contribution in [3.8, 4) is 11.4 Å². The predicted molar refractivity (Wildman–Crippen MR) is 136 cm³/mol. The van der Waals surface area contributed by atoms with E-state index in [4.69, 9.17) is 4.98 Å². The van der Waals surface area contributed by atoms with Gasteiger partial charge < -0.3 is 5.11 Å². The number of rotatable bonds is 2.